The van der Waals surface area contributed by atoms with E-state index in [1.807, 2.05) is 0 Å². The molecule has 0 aliphatic heterocycles. The van der Waals surface area contributed by atoms with E-state index in [1.165, 1.54) is 19.3 Å². The fraction of sp³-hybridized carbons (Fsp3) is 0.667. The van der Waals surface area contributed by atoms with Crippen LogP contribution in [0.1, 0.15) is 40.0 Å². The molecule has 0 N–H and O–H groups in total. The van der Waals surface area contributed by atoms with Crippen molar-refractivity contribution >= 4 is 0 Å². The smallest absolute Gasteiger partial charge is 0.0199 e. The second-order valence-corrected chi connectivity index (χ2v) is 2.26. The van der Waals surface area contributed by atoms with Crippen LogP contribution in [-0.2, 0) is 0 Å². The minimum Gasteiger partial charge on any atom is -0.0819 e. The monoisotopic (exact) mass is 125 g/mol. The zero-order valence-corrected chi connectivity index (χ0v) is 6.78. The Bertz CT molecular complexity index is 80.0. The Balaban J connectivity index is 3.53. The minimum absolute atomic E-state index is 1.21. The highest BCUT2D eigenvalue weighted by Crippen LogP contribution is 2.08. The lowest BCUT2D eigenvalue weighted by molar-refractivity contribution is 0.857. The van der Waals surface area contributed by atoms with E-state index in [-0.39, 0.29) is 0 Å². The van der Waals surface area contributed by atoms with Gasteiger partial charge >= 0.3 is 0 Å². The summed E-state index contributed by atoms with van der Waals surface area (Å²) in [4.78, 5) is 0. The van der Waals surface area contributed by atoms with E-state index >= 15 is 0 Å². The zero-order chi connectivity index (χ0) is 7.11. The first-order valence-electron chi connectivity index (χ1n) is 3.82. The van der Waals surface area contributed by atoms with Gasteiger partial charge < -0.3 is 0 Å². The van der Waals surface area contributed by atoms with E-state index in [4.69, 9.17) is 0 Å². The molecule has 9 heavy (non-hydrogen) atoms. The molecule has 0 rings (SSSR count). The van der Waals surface area contributed by atoms with Gasteiger partial charge in [-0.3, -0.25) is 0 Å². The summed E-state index contributed by atoms with van der Waals surface area (Å²) in [6.07, 6.45) is 8.09. The van der Waals surface area contributed by atoms with Gasteiger partial charge in [-0.2, -0.15) is 0 Å². The molecule has 0 spiro atoms. The molecule has 0 heterocycles. The van der Waals surface area contributed by atoms with Gasteiger partial charge in [0.25, 0.3) is 0 Å². The van der Waals surface area contributed by atoms with Crippen molar-refractivity contribution in [1.82, 2.24) is 0 Å². The largest absolute Gasteiger partial charge is 0.0819 e. The molecule has 0 aromatic heterocycles. The van der Waals surface area contributed by atoms with Crippen LogP contribution in [0.2, 0.25) is 0 Å². The average Bonchev–Trinajstić information content (AvgIpc) is 1.88. The number of rotatable bonds is 4. The maximum absolute atomic E-state index is 2.23. The highest BCUT2D eigenvalue weighted by atomic mass is 13.9. The maximum Gasteiger partial charge on any atom is -0.0199 e. The fourth-order valence-corrected chi connectivity index (χ4v) is 0.935. The van der Waals surface area contributed by atoms with E-state index in [9.17, 15) is 0 Å². The second-order valence-electron chi connectivity index (χ2n) is 2.26. The van der Waals surface area contributed by atoms with Crippen molar-refractivity contribution in [3.8, 4) is 0 Å². The van der Waals surface area contributed by atoms with Crippen LogP contribution in [0.15, 0.2) is 11.6 Å². The first-order valence-corrected chi connectivity index (χ1v) is 3.82. The molecule has 0 amide bonds. The van der Waals surface area contributed by atoms with Crippen LogP contribution in [-0.4, -0.2) is 0 Å². The van der Waals surface area contributed by atoms with E-state index in [1.54, 1.807) is 5.57 Å². The van der Waals surface area contributed by atoms with Crippen LogP contribution in [0, 0.1) is 6.42 Å². The lowest BCUT2D eigenvalue weighted by Crippen LogP contribution is -1.79. The average molecular weight is 125 g/mol. The molecule has 0 saturated heterocycles. The van der Waals surface area contributed by atoms with Crippen molar-refractivity contribution in [2.75, 3.05) is 0 Å². The van der Waals surface area contributed by atoms with Gasteiger partial charge in [-0.1, -0.05) is 38.8 Å². The fourth-order valence-electron chi connectivity index (χ4n) is 0.935. The van der Waals surface area contributed by atoms with E-state index < -0.39 is 0 Å². The Morgan fingerprint density at radius 3 is 2.33 bits per heavy atom. The molecule has 0 aliphatic carbocycles. The Hall–Kier alpha value is -0.260. The van der Waals surface area contributed by atoms with Crippen LogP contribution in [0.25, 0.3) is 0 Å². The first kappa shape index (κ1) is 8.74. The van der Waals surface area contributed by atoms with Crippen molar-refractivity contribution in [3.63, 3.8) is 0 Å². The minimum atomic E-state index is 1.21. The first-order chi connectivity index (χ1) is 4.35. The van der Waals surface area contributed by atoms with Crippen molar-refractivity contribution in [2.45, 2.75) is 40.0 Å². The Labute approximate surface area is 59.0 Å². The summed E-state index contributed by atoms with van der Waals surface area (Å²) < 4.78 is 0. The van der Waals surface area contributed by atoms with E-state index in [0.717, 1.165) is 0 Å². The molecule has 1 radical (unpaired) electrons. The molecule has 0 fully saturated rings. The highest BCUT2D eigenvalue weighted by molar-refractivity contribution is 5.06. The molecule has 0 aromatic carbocycles. The standard InChI is InChI=1S/C9H17/c1-4-7-9(6-3)8-5-2/h4,7H,5-6,8H2,1-3H3. The van der Waals surface area contributed by atoms with Crippen LogP contribution >= 0.6 is 0 Å². The summed E-state index contributed by atoms with van der Waals surface area (Å²) in [5.41, 5.74) is 1.57. The van der Waals surface area contributed by atoms with Crippen molar-refractivity contribution < 1.29 is 0 Å². The molecule has 0 heteroatoms. The predicted octanol–water partition coefficient (Wildman–Crippen LogP) is 3.35. The third-order valence-electron chi connectivity index (χ3n) is 1.43. The normalized spacial score (nSPS) is 12.1. The van der Waals surface area contributed by atoms with Crippen molar-refractivity contribution in [2.24, 2.45) is 0 Å². The summed E-state index contributed by atoms with van der Waals surface area (Å²) in [6.45, 7) is 6.51. The molecule has 0 nitrogen and oxygen atoms in total. The summed E-state index contributed by atoms with van der Waals surface area (Å²) in [5.74, 6) is 0. The van der Waals surface area contributed by atoms with Crippen LogP contribution in [0.5, 0.6) is 0 Å². The topological polar surface area (TPSA) is 0 Å². The van der Waals surface area contributed by atoms with Crippen molar-refractivity contribution in [1.29, 1.82) is 0 Å². The summed E-state index contributed by atoms with van der Waals surface area (Å²) >= 11 is 0. The Morgan fingerprint density at radius 1 is 1.33 bits per heavy atom. The van der Waals surface area contributed by atoms with Gasteiger partial charge in [0.05, 0.1) is 0 Å². The number of hydrogen-bond acceptors (Lipinski definition) is 0. The second kappa shape index (κ2) is 5.87. The molecule has 53 valence electrons. The van der Waals surface area contributed by atoms with Crippen LogP contribution in [0.3, 0.4) is 0 Å². The van der Waals surface area contributed by atoms with Crippen molar-refractivity contribution in [3.05, 3.63) is 18.1 Å². The van der Waals surface area contributed by atoms with Gasteiger partial charge in [0.1, 0.15) is 0 Å². The van der Waals surface area contributed by atoms with Crippen LogP contribution in [0.4, 0.5) is 0 Å². The SMILES string of the molecule is C[CH]C=C(CC)CCC. The van der Waals surface area contributed by atoms with Gasteiger partial charge in [-0.15, -0.1) is 0 Å². The third-order valence-corrected chi connectivity index (χ3v) is 1.43. The van der Waals surface area contributed by atoms with Gasteiger partial charge in [-0.05, 0) is 19.3 Å². The molecule has 0 aliphatic rings. The van der Waals surface area contributed by atoms with Crippen LogP contribution < -0.4 is 0 Å². The highest BCUT2D eigenvalue weighted by Gasteiger charge is 1.88. The number of hydrogen-bond donors (Lipinski definition) is 0. The maximum atomic E-state index is 2.23. The van der Waals surface area contributed by atoms with Gasteiger partial charge in [0.2, 0.25) is 0 Å². The molecular weight excluding hydrogens is 108 g/mol. The molecule has 0 bridgehead atoms. The third kappa shape index (κ3) is 4.26. The number of allylic oxidation sites excluding steroid dienone is 2. The molecule has 0 saturated carbocycles. The molecular formula is C9H17. The van der Waals surface area contributed by atoms with Gasteiger partial charge in [0.15, 0.2) is 0 Å². The summed E-state index contributed by atoms with van der Waals surface area (Å²) in [5, 5.41) is 0. The summed E-state index contributed by atoms with van der Waals surface area (Å²) in [7, 11) is 0. The van der Waals surface area contributed by atoms with E-state index in [2.05, 4.69) is 33.3 Å². The zero-order valence-electron chi connectivity index (χ0n) is 6.78. The summed E-state index contributed by atoms with van der Waals surface area (Å²) in [6, 6.07) is 0. The molecule has 0 atom stereocenters. The van der Waals surface area contributed by atoms with Gasteiger partial charge in [-0.25, -0.2) is 0 Å². The predicted molar refractivity (Wildman–Crippen MR) is 43.3 cm³/mol. The lowest BCUT2D eigenvalue weighted by Gasteiger charge is -1.99. The van der Waals surface area contributed by atoms with Gasteiger partial charge in [0, 0.05) is 0 Å². The molecule has 0 unspecified atom stereocenters. The quantitative estimate of drug-likeness (QED) is 0.540. The molecule has 0 aromatic rings. The Morgan fingerprint density at radius 2 is 2.00 bits per heavy atom. The Kier molecular flexibility index (Phi) is 5.70. The lowest BCUT2D eigenvalue weighted by atomic mass is 10.1. The van der Waals surface area contributed by atoms with E-state index in [0.29, 0.717) is 0 Å².